The standard InChI is InChI=1S/C12H22N2O2/c1-9-7-14(8-10(2)16-9)12(15)13-11-5-3-4-6-11/h9-11H,3-8H2,1-2H3,(H,13,15)/t9-,10-/m1/s1. The summed E-state index contributed by atoms with van der Waals surface area (Å²) < 4.78 is 5.61. The van der Waals surface area contributed by atoms with Crippen LogP contribution in [-0.2, 0) is 4.74 Å². The lowest BCUT2D eigenvalue weighted by Gasteiger charge is -2.35. The van der Waals surface area contributed by atoms with E-state index in [4.69, 9.17) is 4.74 Å². The molecule has 1 saturated carbocycles. The van der Waals surface area contributed by atoms with Gasteiger partial charge in [0.1, 0.15) is 0 Å². The first kappa shape index (κ1) is 11.7. The van der Waals surface area contributed by atoms with Gasteiger partial charge in [-0.25, -0.2) is 4.79 Å². The number of hydrogen-bond acceptors (Lipinski definition) is 2. The Kier molecular flexibility index (Phi) is 3.69. The summed E-state index contributed by atoms with van der Waals surface area (Å²) >= 11 is 0. The molecule has 2 amide bonds. The van der Waals surface area contributed by atoms with Gasteiger partial charge in [-0.1, -0.05) is 12.8 Å². The van der Waals surface area contributed by atoms with Crippen molar-refractivity contribution in [2.24, 2.45) is 0 Å². The molecule has 1 aliphatic heterocycles. The lowest BCUT2D eigenvalue weighted by molar-refractivity contribution is -0.0547. The number of rotatable bonds is 1. The van der Waals surface area contributed by atoms with Crippen LogP contribution < -0.4 is 5.32 Å². The molecular weight excluding hydrogens is 204 g/mol. The molecule has 0 aromatic heterocycles. The minimum Gasteiger partial charge on any atom is -0.372 e. The third kappa shape index (κ3) is 2.88. The summed E-state index contributed by atoms with van der Waals surface area (Å²) in [5.74, 6) is 0. The van der Waals surface area contributed by atoms with Gasteiger partial charge in [0.15, 0.2) is 0 Å². The van der Waals surface area contributed by atoms with Gasteiger partial charge in [0.25, 0.3) is 0 Å². The van der Waals surface area contributed by atoms with Crippen LogP contribution in [0.15, 0.2) is 0 Å². The molecule has 0 aromatic carbocycles. The van der Waals surface area contributed by atoms with E-state index in [1.54, 1.807) is 0 Å². The molecule has 0 aromatic rings. The summed E-state index contributed by atoms with van der Waals surface area (Å²) in [4.78, 5) is 13.9. The predicted molar refractivity (Wildman–Crippen MR) is 62.4 cm³/mol. The van der Waals surface area contributed by atoms with Gasteiger partial charge in [0.05, 0.1) is 12.2 Å². The smallest absolute Gasteiger partial charge is 0.317 e. The van der Waals surface area contributed by atoms with Crippen LogP contribution in [0.4, 0.5) is 4.79 Å². The van der Waals surface area contributed by atoms with Gasteiger partial charge in [-0.3, -0.25) is 0 Å². The largest absolute Gasteiger partial charge is 0.372 e. The molecule has 4 heteroatoms. The van der Waals surface area contributed by atoms with Gasteiger partial charge in [0.2, 0.25) is 0 Å². The minimum atomic E-state index is 0.0916. The Balaban J connectivity index is 1.83. The molecule has 1 N–H and O–H groups in total. The van der Waals surface area contributed by atoms with E-state index in [0.717, 1.165) is 12.8 Å². The number of carbonyl (C=O) groups excluding carboxylic acids is 1. The molecule has 16 heavy (non-hydrogen) atoms. The van der Waals surface area contributed by atoms with Gasteiger partial charge >= 0.3 is 6.03 Å². The van der Waals surface area contributed by atoms with Crippen molar-refractivity contribution >= 4 is 6.03 Å². The SMILES string of the molecule is C[C@@H]1CN(C(=O)NC2CCCC2)C[C@@H](C)O1. The van der Waals surface area contributed by atoms with Gasteiger partial charge in [-0.2, -0.15) is 0 Å². The van der Waals surface area contributed by atoms with Crippen LogP contribution in [0, 0.1) is 0 Å². The van der Waals surface area contributed by atoms with E-state index < -0.39 is 0 Å². The van der Waals surface area contributed by atoms with Crippen LogP contribution in [-0.4, -0.2) is 42.3 Å². The van der Waals surface area contributed by atoms with Crippen molar-refractivity contribution in [3.05, 3.63) is 0 Å². The molecule has 1 heterocycles. The minimum absolute atomic E-state index is 0.0916. The van der Waals surface area contributed by atoms with E-state index in [1.165, 1.54) is 12.8 Å². The monoisotopic (exact) mass is 226 g/mol. The number of hydrogen-bond donors (Lipinski definition) is 1. The number of nitrogens with one attached hydrogen (secondary N) is 1. The summed E-state index contributed by atoms with van der Waals surface area (Å²) in [7, 11) is 0. The van der Waals surface area contributed by atoms with Crippen LogP contribution in [0.2, 0.25) is 0 Å². The highest BCUT2D eigenvalue weighted by Gasteiger charge is 2.27. The Morgan fingerprint density at radius 1 is 1.19 bits per heavy atom. The zero-order valence-corrected chi connectivity index (χ0v) is 10.2. The van der Waals surface area contributed by atoms with E-state index in [1.807, 2.05) is 18.7 Å². The summed E-state index contributed by atoms with van der Waals surface area (Å²) in [6.45, 7) is 5.46. The number of morpholine rings is 1. The highest BCUT2D eigenvalue weighted by Crippen LogP contribution is 2.18. The Morgan fingerprint density at radius 2 is 1.75 bits per heavy atom. The van der Waals surface area contributed by atoms with Crippen LogP contribution >= 0.6 is 0 Å². The summed E-state index contributed by atoms with van der Waals surface area (Å²) in [5.41, 5.74) is 0. The number of ether oxygens (including phenoxy) is 1. The van der Waals surface area contributed by atoms with Crippen LogP contribution in [0.25, 0.3) is 0 Å². The third-order valence-corrected chi connectivity index (χ3v) is 3.39. The first-order valence-corrected chi connectivity index (χ1v) is 6.36. The molecule has 0 radical (unpaired) electrons. The average Bonchev–Trinajstić information content (AvgIpc) is 2.68. The Bertz CT molecular complexity index is 241. The van der Waals surface area contributed by atoms with Gasteiger partial charge in [0, 0.05) is 19.1 Å². The van der Waals surface area contributed by atoms with E-state index in [0.29, 0.717) is 19.1 Å². The lowest BCUT2D eigenvalue weighted by atomic mass is 10.2. The number of urea groups is 1. The second-order valence-corrected chi connectivity index (χ2v) is 5.09. The van der Waals surface area contributed by atoms with E-state index in [-0.39, 0.29) is 18.2 Å². The van der Waals surface area contributed by atoms with Crippen molar-refractivity contribution in [2.45, 2.75) is 57.8 Å². The second kappa shape index (κ2) is 5.04. The Morgan fingerprint density at radius 3 is 2.31 bits per heavy atom. The molecule has 1 aliphatic carbocycles. The predicted octanol–water partition coefficient (Wildman–Crippen LogP) is 1.75. The number of nitrogens with zero attached hydrogens (tertiary/aromatic N) is 1. The van der Waals surface area contributed by atoms with Gasteiger partial charge in [-0.05, 0) is 26.7 Å². The molecule has 2 rings (SSSR count). The fourth-order valence-corrected chi connectivity index (χ4v) is 2.68. The van der Waals surface area contributed by atoms with Crippen molar-refractivity contribution in [3.8, 4) is 0 Å². The molecule has 2 atom stereocenters. The molecular formula is C12H22N2O2. The van der Waals surface area contributed by atoms with E-state index in [2.05, 4.69) is 5.32 Å². The highest BCUT2D eigenvalue weighted by molar-refractivity contribution is 5.74. The van der Waals surface area contributed by atoms with Crippen LogP contribution in [0.5, 0.6) is 0 Å². The fourth-order valence-electron chi connectivity index (χ4n) is 2.68. The van der Waals surface area contributed by atoms with Crippen molar-refractivity contribution in [2.75, 3.05) is 13.1 Å². The summed E-state index contributed by atoms with van der Waals surface area (Å²) in [6, 6.07) is 0.495. The molecule has 0 bridgehead atoms. The molecule has 0 unspecified atom stereocenters. The van der Waals surface area contributed by atoms with Crippen molar-refractivity contribution < 1.29 is 9.53 Å². The first-order chi connectivity index (χ1) is 7.65. The van der Waals surface area contributed by atoms with Gasteiger partial charge < -0.3 is 15.0 Å². The van der Waals surface area contributed by atoms with Crippen molar-refractivity contribution in [1.82, 2.24) is 10.2 Å². The normalized spacial score (nSPS) is 31.8. The first-order valence-electron chi connectivity index (χ1n) is 6.36. The maximum Gasteiger partial charge on any atom is 0.317 e. The fraction of sp³-hybridized carbons (Fsp3) is 0.917. The second-order valence-electron chi connectivity index (χ2n) is 5.09. The number of amides is 2. The van der Waals surface area contributed by atoms with Crippen molar-refractivity contribution in [3.63, 3.8) is 0 Å². The summed E-state index contributed by atoms with van der Waals surface area (Å²) in [6.07, 6.45) is 5.08. The number of carbonyl (C=O) groups is 1. The Hall–Kier alpha value is -0.770. The topological polar surface area (TPSA) is 41.6 Å². The third-order valence-electron chi connectivity index (χ3n) is 3.39. The van der Waals surface area contributed by atoms with Crippen LogP contribution in [0.1, 0.15) is 39.5 Å². The highest BCUT2D eigenvalue weighted by atomic mass is 16.5. The zero-order valence-electron chi connectivity index (χ0n) is 10.2. The Labute approximate surface area is 97.3 Å². The van der Waals surface area contributed by atoms with E-state index in [9.17, 15) is 4.79 Å². The van der Waals surface area contributed by atoms with Crippen molar-refractivity contribution in [1.29, 1.82) is 0 Å². The maximum absolute atomic E-state index is 12.0. The zero-order chi connectivity index (χ0) is 11.5. The summed E-state index contributed by atoms with van der Waals surface area (Å²) in [5, 5.41) is 3.12. The van der Waals surface area contributed by atoms with Crippen LogP contribution in [0.3, 0.4) is 0 Å². The molecule has 92 valence electrons. The molecule has 4 nitrogen and oxygen atoms in total. The molecule has 2 aliphatic rings. The lowest BCUT2D eigenvalue weighted by Crippen LogP contribution is -2.53. The van der Waals surface area contributed by atoms with E-state index >= 15 is 0 Å². The van der Waals surface area contributed by atoms with Gasteiger partial charge in [-0.15, -0.1) is 0 Å². The molecule has 0 spiro atoms. The molecule has 2 fully saturated rings. The maximum atomic E-state index is 12.0. The molecule has 1 saturated heterocycles. The quantitative estimate of drug-likeness (QED) is 0.740. The average molecular weight is 226 g/mol.